The molecule has 0 aromatic heterocycles. The Morgan fingerprint density at radius 1 is 1.53 bits per heavy atom. The third kappa shape index (κ3) is 4.62. The molecular weight excluding hydrogens is 194 g/mol. The number of hydrogen-bond donors (Lipinski definition) is 1. The molecule has 0 saturated carbocycles. The molecule has 1 fully saturated rings. The molecule has 0 aliphatic carbocycles. The van der Waals surface area contributed by atoms with Gasteiger partial charge in [0.05, 0.1) is 12.5 Å². The molecule has 1 aliphatic rings. The van der Waals surface area contributed by atoms with Crippen molar-refractivity contribution in [2.45, 2.75) is 32.7 Å². The molecule has 0 radical (unpaired) electrons. The van der Waals surface area contributed by atoms with E-state index in [-0.39, 0.29) is 11.9 Å². The zero-order valence-corrected chi connectivity index (χ0v) is 9.62. The molecule has 1 aliphatic heterocycles. The average molecular weight is 215 g/mol. The Morgan fingerprint density at radius 3 is 2.80 bits per heavy atom. The molecule has 4 heteroatoms. The van der Waals surface area contributed by atoms with Crippen LogP contribution in [-0.2, 0) is 14.3 Å². The minimum absolute atomic E-state index is 0.0622. The van der Waals surface area contributed by atoms with Crippen molar-refractivity contribution in [3.05, 3.63) is 0 Å². The molecule has 1 rings (SSSR count). The molecule has 15 heavy (non-hydrogen) atoms. The predicted molar refractivity (Wildman–Crippen MR) is 57.6 cm³/mol. The van der Waals surface area contributed by atoms with E-state index in [2.05, 4.69) is 5.32 Å². The molecule has 0 aromatic rings. The van der Waals surface area contributed by atoms with Gasteiger partial charge < -0.3 is 14.8 Å². The van der Waals surface area contributed by atoms with Crippen LogP contribution in [0.4, 0.5) is 0 Å². The molecule has 0 aromatic carbocycles. The first-order valence-corrected chi connectivity index (χ1v) is 5.71. The fourth-order valence-electron chi connectivity index (χ4n) is 1.61. The van der Waals surface area contributed by atoms with Gasteiger partial charge in [-0.3, -0.25) is 4.79 Å². The number of nitrogens with one attached hydrogen (secondary N) is 1. The van der Waals surface area contributed by atoms with Crippen molar-refractivity contribution >= 4 is 5.97 Å². The summed E-state index contributed by atoms with van der Waals surface area (Å²) in [7, 11) is 0. The highest BCUT2D eigenvalue weighted by Crippen LogP contribution is 2.07. The lowest BCUT2D eigenvalue weighted by molar-refractivity contribution is -0.147. The quantitative estimate of drug-likeness (QED) is 0.694. The fraction of sp³-hybridized carbons (Fsp3) is 0.909. The second-order valence-corrected chi connectivity index (χ2v) is 3.95. The molecule has 0 amide bonds. The zero-order chi connectivity index (χ0) is 11.1. The van der Waals surface area contributed by atoms with E-state index in [0.717, 1.165) is 26.1 Å². The van der Waals surface area contributed by atoms with Crippen LogP contribution in [0.3, 0.4) is 0 Å². The van der Waals surface area contributed by atoms with Gasteiger partial charge >= 0.3 is 5.97 Å². The maximum atomic E-state index is 11.3. The summed E-state index contributed by atoms with van der Waals surface area (Å²) in [6.07, 6.45) is 2.07. The molecule has 1 unspecified atom stereocenters. The summed E-state index contributed by atoms with van der Waals surface area (Å²) >= 11 is 0. The predicted octanol–water partition coefficient (Wildman–Crippen LogP) is 0.954. The second-order valence-electron chi connectivity index (χ2n) is 3.95. The van der Waals surface area contributed by atoms with Gasteiger partial charge in [0, 0.05) is 25.8 Å². The first-order valence-electron chi connectivity index (χ1n) is 5.71. The van der Waals surface area contributed by atoms with Crippen LogP contribution in [0.15, 0.2) is 0 Å². The van der Waals surface area contributed by atoms with Crippen molar-refractivity contribution in [3.8, 4) is 0 Å². The van der Waals surface area contributed by atoms with Crippen molar-refractivity contribution in [1.29, 1.82) is 0 Å². The van der Waals surface area contributed by atoms with E-state index in [9.17, 15) is 4.79 Å². The van der Waals surface area contributed by atoms with Gasteiger partial charge in [-0.05, 0) is 19.8 Å². The van der Waals surface area contributed by atoms with E-state index in [1.54, 1.807) is 0 Å². The summed E-state index contributed by atoms with van der Waals surface area (Å²) in [6.45, 7) is 6.53. The number of rotatable bonds is 5. The van der Waals surface area contributed by atoms with Crippen LogP contribution < -0.4 is 5.32 Å². The van der Waals surface area contributed by atoms with Gasteiger partial charge in [0.1, 0.15) is 0 Å². The maximum Gasteiger partial charge on any atom is 0.309 e. The molecule has 4 nitrogen and oxygen atoms in total. The normalized spacial score (nSPS) is 19.9. The number of carbonyl (C=O) groups is 1. The minimum Gasteiger partial charge on any atom is -0.466 e. The smallest absolute Gasteiger partial charge is 0.309 e. The first kappa shape index (κ1) is 12.5. The molecule has 1 saturated heterocycles. The molecular formula is C11H21NO3. The summed E-state index contributed by atoms with van der Waals surface area (Å²) < 4.78 is 10.2. The van der Waals surface area contributed by atoms with Crippen LogP contribution in [0.25, 0.3) is 0 Å². The monoisotopic (exact) mass is 215 g/mol. The molecule has 1 heterocycles. The third-order valence-electron chi connectivity index (χ3n) is 2.62. The Bertz CT molecular complexity index is 190. The van der Waals surface area contributed by atoms with Gasteiger partial charge in [0.15, 0.2) is 0 Å². The van der Waals surface area contributed by atoms with Gasteiger partial charge in [-0.1, -0.05) is 6.92 Å². The third-order valence-corrected chi connectivity index (χ3v) is 2.62. The van der Waals surface area contributed by atoms with Gasteiger partial charge in [-0.25, -0.2) is 0 Å². The standard InChI is InChI=1S/C11H21NO3/c1-3-15-11(13)9(2)8-12-10-4-6-14-7-5-10/h9-10,12H,3-8H2,1-2H3. The van der Waals surface area contributed by atoms with Gasteiger partial charge in [-0.15, -0.1) is 0 Å². The van der Waals surface area contributed by atoms with Crippen molar-refractivity contribution in [3.63, 3.8) is 0 Å². The van der Waals surface area contributed by atoms with Gasteiger partial charge in [0.25, 0.3) is 0 Å². The van der Waals surface area contributed by atoms with E-state index in [0.29, 0.717) is 19.2 Å². The topological polar surface area (TPSA) is 47.6 Å². The van der Waals surface area contributed by atoms with Gasteiger partial charge in [-0.2, -0.15) is 0 Å². The molecule has 88 valence electrons. The Balaban J connectivity index is 2.14. The van der Waals surface area contributed by atoms with E-state index < -0.39 is 0 Å². The molecule has 1 atom stereocenters. The Morgan fingerprint density at radius 2 is 2.20 bits per heavy atom. The SMILES string of the molecule is CCOC(=O)C(C)CNC1CCOCC1. The highest BCUT2D eigenvalue weighted by atomic mass is 16.5. The Hall–Kier alpha value is -0.610. The number of esters is 1. The number of ether oxygens (including phenoxy) is 2. The van der Waals surface area contributed by atoms with Crippen LogP contribution >= 0.6 is 0 Å². The highest BCUT2D eigenvalue weighted by molar-refractivity contribution is 5.72. The zero-order valence-electron chi connectivity index (χ0n) is 9.62. The van der Waals surface area contributed by atoms with E-state index in [4.69, 9.17) is 9.47 Å². The number of hydrogen-bond acceptors (Lipinski definition) is 4. The van der Waals surface area contributed by atoms with Crippen molar-refractivity contribution in [2.75, 3.05) is 26.4 Å². The van der Waals surface area contributed by atoms with Crippen molar-refractivity contribution in [1.82, 2.24) is 5.32 Å². The maximum absolute atomic E-state index is 11.3. The van der Waals surface area contributed by atoms with Gasteiger partial charge in [0.2, 0.25) is 0 Å². The lowest BCUT2D eigenvalue weighted by atomic mass is 10.1. The molecule has 1 N–H and O–H groups in total. The first-order chi connectivity index (χ1) is 7.24. The summed E-state index contributed by atoms with van der Waals surface area (Å²) in [5, 5.41) is 3.38. The van der Waals surface area contributed by atoms with E-state index >= 15 is 0 Å². The lowest BCUT2D eigenvalue weighted by Gasteiger charge is -2.24. The van der Waals surface area contributed by atoms with Crippen LogP contribution in [0.1, 0.15) is 26.7 Å². The summed E-state index contributed by atoms with van der Waals surface area (Å²) in [4.78, 5) is 11.3. The van der Waals surface area contributed by atoms with Crippen molar-refractivity contribution in [2.24, 2.45) is 5.92 Å². The van der Waals surface area contributed by atoms with Crippen LogP contribution in [0.5, 0.6) is 0 Å². The summed E-state index contributed by atoms with van der Waals surface area (Å²) in [5.41, 5.74) is 0. The molecule has 0 spiro atoms. The summed E-state index contributed by atoms with van der Waals surface area (Å²) in [5.74, 6) is -0.176. The van der Waals surface area contributed by atoms with E-state index in [1.165, 1.54) is 0 Å². The van der Waals surface area contributed by atoms with Crippen molar-refractivity contribution < 1.29 is 14.3 Å². The van der Waals surface area contributed by atoms with Crippen LogP contribution in [0.2, 0.25) is 0 Å². The largest absolute Gasteiger partial charge is 0.466 e. The molecule has 0 bridgehead atoms. The lowest BCUT2D eigenvalue weighted by Crippen LogP contribution is -2.39. The Labute approximate surface area is 91.3 Å². The van der Waals surface area contributed by atoms with E-state index in [1.807, 2.05) is 13.8 Å². The fourth-order valence-corrected chi connectivity index (χ4v) is 1.61. The number of carbonyl (C=O) groups excluding carboxylic acids is 1. The summed E-state index contributed by atoms with van der Waals surface area (Å²) in [6, 6.07) is 0.496. The minimum atomic E-state index is -0.114. The van der Waals surface area contributed by atoms with Crippen LogP contribution in [0, 0.1) is 5.92 Å². The second kappa shape index (κ2) is 6.80. The highest BCUT2D eigenvalue weighted by Gasteiger charge is 2.17. The average Bonchev–Trinajstić information content (AvgIpc) is 2.27. The Kier molecular flexibility index (Phi) is 5.65. The van der Waals surface area contributed by atoms with Crippen LogP contribution in [-0.4, -0.2) is 38.4 Å².